The van der Waals surface area contributed by atoms with Crippen molar-refractivity contribution < 1.29 is 0 Å². The average Bonchev–Trinajstić information content (AvgIpc) is 2.96. The predicted molar refractivity (Wildman–Crippen MR) is 75.2 cm³/mol. The van der Waals surface area contributed by atoms with Gasteiger partial charge < -0.3 is 0 Å². The third-order valence-electron chi connectivity index (χ3n) is 2.21. The molecule has 2 aromatic heterocycles. The monoisotopic (exact) mass is 259 g/mol. The lowest BCUT2D eigenvalue weighted by atomic mass is 10.3. The number of fused-ring (bicyclic) bond motifs is 1. The lowest BCUT2D eigenvalue weighted by Crippen LogP contribution is -1.87. The molecule has 0 aliphatic carbocycles. The molecule has 1 N–H and O–H groups in total. The van der Waals surface area contributed by atoms with E-state index in [2.05, 4.69) is 21.6 Å². The van der Waals surface area contributed by atoms with Crippen LogP contribution in [-0.4, -0.2) is 11.2 Å². The van der Waals surface area contributed by atoms with Crippen LogP contribution < -0.4 is 5.43 Å². The van der Waals surface area contributed by atoms with Crippen LogP contribution in [-0.2, 0) is 0 Å². The zero-order valence-electron chi connectivity index (χ0n) is 8.83. The van der Waals surface area contributed by atoms with Gasteiger partial charge in [-0.05, 0) is 29.0 Å². The van der Waals surface area contributed by atoms with Gasteiger partial charge in [-0.3, -0.25) is 5.43 Å². The summed E-state index contributed by atoms with van der Waals surface area (Å²) in [6.07, 6.45) is 1.79. The molecule has 17 heavy (non-hydrogen) atoms. The fourth-order valence-electron chi connectivity index (χ4n) is 1.43. The molecule has 2 heterocycles. The van der Waals surface area contributed by atoms with Crippen molar-refractivity contribution in [3.05, 3.63) is 46.7 Å². The Morgan fingerprint density at radius 3 is 3.00 bits per heavy atom. The maximum atomic E-state index is 4.43. The molecule has 0 atom stereocenters. The maximum Gasteiger partial charge on any atom is 0.204 e. The lowest BCUT2D eigenvalue weighted by molar-refractivity contribution is 1.31. The van der Waals surface area contributed by atoms with Gasteiger partial charge in [0.2, 0.25) is 5.13 Å². The Labute approximate surface area is 106 Å². The average molecular weight is 259 g/mol. The molecule has 3 aromatic rings. The zero-order valence-corrected chi connectivity index (χ0v) is 10.5. The second kappa shape index (κ2) is 4.65. The third-order valence-corrected chi connectivity index (χ3v) is 3.85. The summed E-state index contributed by atoms with van der Waals surface area (Å²) in [6.45, 7) is 0. The van der Waals surface area contributed by atoms with E-state index in [1.807, 2.05) is 35.0 Å². The van der Waals surface area contributed by atoms with Crippen LogP contribution in [0.5, 0.6) is 0 Å². The molecule has 84 valence electrons. The van der Waals surface area contributed by atoms with Crippen LogP contribution in [0.3, 0.4) is 0 Å². The topological polar surface area (TPSA) is 37.3 Å². The van der Waals surface area contributed by atoms with E-state index in [0.717, 1.165) is 16.2 Å². The molecule has 0 aliphatic rings. The van der Waals surface area contributed by atoms with Gasteiger partial charge in [-0.1, -0.05) is 23.5 Å². The van der Waals surface area contributed by atoms with Gasteiger partial charge in [-0.25, -0.2) is 4.98 Å². The molecule has 0 amide bonds. The van der Waals surface area contributed by atoms with Crippen LogP contribution in [0.4, 0.5) is 5.13 Å². The van der Waals surface area contributed by atoms with E-state index in [4.69, 9.17) is 0 Å². The quantitative estimate of drug-likeness (QED) is 0.573. The molecular weight excluding hydrogens is 250 g/mol. The number of hydrogen-bond acceptors (Lipinski definition) is 5. The number of nitrogens with one attached hydrogen (secondary N) is 1. The first-order valence-corrected chi connectivity index (χ1v) is 6.84. The molecular formula is C12H9N3S2. The van der Waals surface area contributed by atoms with E-state index in [0.29, 0.717) is 0 Å². The summed E-state index contributed by atoms with van der Waals surface area (Å²) in [6, 6.07) is 10.1. The van der Waals surface area contributed by atoms with Crippen LogP contribution in [0.25, 0.3) is 10.2 Å². The van der Waals surface area contributed by atoms with Crippen LogP contribution in [0.15, 0.2) is 46.2 Å². The summed E-state index contributed by atoms with van der Waals surface area (Å²) in [4.78, 5) is 4.43. The number of rotatable bonds is 3. The number of aromatic nitrogens is 1. The molecule has 0 spiro atoms. The van der Waals surface area contributed by atoms with E-state index >= 15 is 0 Å². The fourth-order valence-corrected chi connectivity index (χ4v) is 2.86. The highest BCUT2D eigenvalue weighted by atomic mass is 32.1. The van der Waals surface area contributed by atoms with Crippen molar-refractivity contribution in [2.75, 3.05) is 5.43 Å². The van der Waals surface area contributed by atoms with Gasteiger partial charge in [0, 0.05) is 5.56 Å². The maximum absolute atomic E-state index is 4.43. The molecule has 0 fully saturated rings. The highest BCUT2D eigenvalue weighted by Crippen LogP contribution is 2.25. The van der Waals surface area contributed by atoms with Crippen molar-refractivity contribution in [1.82, 2.24) is 4.98 Å². The summed E-state index contributed by atoms with van der Waals surface area (Å²) in [7, 11) is 0. The van der Waals surface area contributed by atoms with Gasteiger partial charge in [-0.15, -0.1) is 0 Å². The first-order chi connectivity index (χ1) is 8.42. The van der Waals surface area contributed by atoms with E-state index in [1.54, 1.807) is 28.9 Å². The van der Waals surface area contributed by atoms with E-state index in [-0.39, 0.29) is 0 Å². The summed E-state index contributed by atoms with van der Waals surface area (Å²) < 4.78 is 1.17. The number of thiazole rings is 1. The first kappa shape index (κ1) is 10.4. The molecule has 0 radical (unpaired) electrons. The number of para-hydroxylation sites is 1. The number of hydrazone groups is 1. The normalized spacial score (nSPS) is 11.3. The van der Waals surface area contributed by atoms with Crippen LogP contribution >= 0.6 is 22.7 Å². The number of hydrogen-bond donors (Lipinski definition) is 1. The molecule has 3 nitrogen and oxygen atoms in total. The Balaban J connectivity index is 1.77. The third kappa shape index (κ3) is 2.35. The van der Waals surface area contributed by atoms with Gasteiger partial charge >= 0.3 is 0 Å². The van der Waals surface area contributed by atoms with Crippen molar-refractivity contribution >= 4 is 44.2 Å². The molecule has 3 rings (SSSR count). The van der Waals surface area contributed by atoms with E-state index in [9.17, 15) is 0 Å². The van der Waals surface area contributed by atoms with Crippen molar-refractivity contribution in [2.24, 2.45) is 5.10 Å². The van der Waals surface area contributed by atoms with Gasteiger partial charge in [0.05, 0.1) is 16.4 Å². The Morgan fingerprint density at radius 1 is 1.24 bits per heavy atom. The standard InChI is InChI=1S/C12H9N3S2/c1-2-4-11-10(3-1)14-12(17-11)15-13-7-9-5-6-16-8-9/h1-8H,(H,14,15)/b13-7-. The van der Waals surface area contributed by atoms with Gasteiger partial charge in [0.1, 0.15) is 0 Å². The Hall–Kier alpha value is -1.72. The van der Waals surface area contributed by atoms with E-state index < -0.39 is 0 Å². The van der Waals surface area contributed by atoms with E-state index in [1.165, 1.54) is 4.70 Å². The number of nitrogens with zero attached hydrogens (tertiary/aromatic N) is 2. The number of anilines is 1. The van der Waals surface area contributed by atoms with Gasteiger partial charge in [-0.2, -0.15) is 16.4 Å². The zero-order chi connectivity index (χ0) is 11.5. The van der Waals surface area contributed by atoms with Crippen LogP contribution in [0.2, 0.25) is 0 Å². The fraction of sp³-hybridized carbons (Fsp3) is 0. The molecule has 0 saturated carbocycles. The number of thiophene rings is 1. The summed E-state index contributed by atoms with van der Waals surface area (Å²) >= 11 is 3.26. The molecule has 0 aliphatic heterocycles. The van der Waals surface area contributed by atoms with Crippen molar-refractivity contribution in [1.29, 1.82) is 0 Å². The van der Waals surface area contributed by atoms with Crippen molar-refractivity contribution in [2.45, 2.75) is 0 Å². The smallest absolute Gasteiger partial charge is 0.204 e. The highest BCUT2D eigenvalue weighted by molar-refractivity contribution is 7.22. The SMILES string of the molecule is C(=N/Nc1nc2ccccc2s1)/c1ccsc1. The molecule has 0 unspecified atom stereocenters. The van der Waals surface area contributed by atoms with Gasteiger partial charge in [0.25, 0.3) is 0 Å². The molecule has 0 bridgehead atoms. The highest BCUT2D eigenvalue weighted by Gasteiger charge is 2.00. The summed E-state index contributed by atoms with van der Waals surface area (Å²) in [5, 5.41) is 9.05. The molecule has 1 aromatic carbocycles. The van der Waals surface area contributed by atoms with Crippen molar-refractivity contribution in [3.63, 3.8) is 0 Å². The number of benzene rings is 1. The van der Waals surface area contributed by atoms with Crippen LogP contribution in [0.1, 0.15) is 5.56 Å². The second-order valence-corrected chi connectivity index (χ2v) is 5.22. The molecule has 0 saturated heterocycles. The lowest BCUT2D eigenvalue weighted by Gasteiger charge is -1.90. The Morgan fingerprint density at radius 2 is 2.18 bits per heavy atom. The largest absolute Gasteiger partial charge is 0.253 e. The predicted octanol–water partition coefficient (Wildman–Crippen LogP) is 3.80. The van der Waals surface area contributed by atoms with Crippen molar-refractivity contribution in [3.8, 4) is 0 Å². The van der Waals surface area contributed by atoms with Gasteiger partial charge in [0.15, 0.2) is 0 Å². The second-order valence-electron chi connectivity index (χ2n) is 3.41. The summed E-state index contributed by atoms with van der Waals surface area (Å²) in [5.41, 5.74) is 5.06. The summed E-state index contributed by atoms with van der Waals surface area (Å²) in [5.74, 6) is 0. The first-order valence-electron chi connectivity index (χ1n) is 5.09. The minimum absolute atomic E-state index is 0.817. The molecule has 5 heteroatoms. The minimum atomic E-state index is 0.817. The van der Waals surface area contributed by atoms with Crippen LogP contribution in [0, 0.1) is 0 Å². The minimum Gasteiger partial charge on any atom is -0.253 e. The Bertz CT molecular complexity index is 608. The Kier molecular flexibility index (Phi) is 2.85.